The van der Waals surface area contributed by atoms with E-state index in [0.29, 0.717) is 12.0 Å². The molecule has 1 N–H and O–H groups in total. The van der Waals surface area contributed by atoms with Crippen molar-refractivity contribution in [3.8, 4) is 5.75 Å². The molecule has 0 saturated heterocycles. The summed E-state index contributed by atoms with van der Waals surface area (Å²) in [6.07, 6.45) is 1.18. The summed E-state index contributed by atoms with van der Waals surface area (Å²) in [6.45, 7) is 9.84. The molecule has 0 saturated carbocycles. The highest BCUT2D eigenvalue weighted by Gasteiger charge is 2.32. The standard InChI is InChI=1S/C16H25NO/c1-6-11(2)15(17-5)12-7-8-14-13(9-12)16(3,4)10-18-14/h7-9,11,15,17H,6,10H2,1-5H3. The molecular weight excluding hydrogens is 222 g/mol. The van der Waals surface area contributed by atoms with E-state index in [-0.39, 0.29) is 5.41 Å². The number of ether oxygens (including phenoxy) is 1. The van der Waals surface area contributed by atoms with Crippen molar-refractivity contribution < 1.29 is 4.74 Å². The lowest BCUT2D eigenvalue weighted by molar-refractivity contribution is 0.291. The molecule has 2 heteroatoms. The molecule has 1 heterocycles. The number of nitrogens with one attached hydrogen (secondary N) is 1. The molecule has 0 spiro atoms. The van der Waals surface area contributed by atoms with Crippen molar-refractivity contribution in [1.82, 2.24) is 5.32 Å². The highest BCUT2D eigenvalue weighted by Crippen LogP contribution is 2.40. The summed E-state index contributed by atoms with van der Waals surface area (Å²) in [5, 5.41) is 3.45. The van der Waals surface area contributed by atoms with Gasteiger partial charge in [-0.2, -0.15) is 0 Å². The lowest BCUT2D eigenvalue weighted by atomic mass is 9.84. The van der Waals surface area contributed by atoms with E-state index in [1.165, 1.54) is 17.5 Å². The van der Waals surface area contributed by atoms with Gasteiger partial charge in [-0.25, -0.2) is 0 Å². The van der Waals surface area contributed by atoms with E-state index >= 15 is 0 Å². The monoisotopic (exact) mass is 247 g/mol. The van der Waals surface area contributed by atoms with E-state index in [1.807, 2.05) is 7.05 Å². The van der Waals surface area contributed by atoms with Crippen LogP contribution in [0.1, 0.15) is 51.3 Å². The lowest BCUT2D eigenvalue weighted by Crippen LogP contribution is -2.24. The van der Waals surface area contributed by atoms with E-state index in [4.69, 9.17) is 4.74 Å². The molecule has 0 aliphatic carbocycles. The zero-order valence-corrected chi connectivity index (χ0v) is 12.2. The second kappa shape index (κ2) is 4.93. The van der Waals surface area contributed by atoms with Crippen molar-refractivity contribution in [2.24, 2.45) is 5.92 Å². The van der Waals surface area contributed by atoms with Crippen LogP contribution in [0.3, 0.4) is 0 Å². The van der Waals surface area contributed by atoms with E-state index in [9.17, 15) is 0 Å². The van der Waals surface area contributed by atoms with Gasteiger partial charge in [0.25, 0.3) is 0 Å². The van der Waals surface area contributed by atoms with Crippen molar-refractivity contribution in [3.63, 3.8) is 0 Å². The molecule has 1 aliphatic rings. The fraction of sp³-hybridized carbons (Fsp3) is 0.625. The molecule has 1 aliphatic heterocycles. The van der Waals surface area contributed by atoms with E-state index < -0.39 is 0 Å². The van der Waals surface area contributed by atoms with Crippen LogP contribution < -0.4 is 10.1 Å². The summed E-state index contributed by atoms with van der Waals surface area (Å²) >= 11 is 0. The average Bonchev–Trinajstić information content (AvgIpc) is 2.66. The highest BCUT2D eigenvalue weighted by atomic mass is 16.5. The molecule has 2 rings (SSSR count). The Morgan fingerprint density at radius 3 is 2.72 bits per heavy atom. The summed E-state index contributed by atoms with van der Waals surface area (Å²) in [5.41, 5.74) is 2.87. The number of hydrogen-bond acceptors (Lipinski definition) is 2. The van der Waals surface area contributed by atoms with Gasteiger partial charge < -0.3 is 10.1 Å². The van der Waals surface area contributed by atoms with Crippen LogP contribution in [0.25, 0.3) is 0 Å². The maximum Gasteiger partial charge on any atom is 0.123 e. The normalized spacial score (nSPS) is 20.1. The number of benzene rings is 1. The fourth-order valence-corrected chi connectivity index (χ4v) is 2.75. The van der Waals surface area contributed by atoms with Gasteiger partial charge in [0.2, 0.25) is 0 Å². The van der Waals surface area contributed by atoms with Gasteiger partial charge in [-0.15, -0.1) is 0 Å². The second-order valence-electron chi connectivity index (χ2n) is 6.08. The zero-order chi connectivity index (χ0) is 13.3. The summed E-state index contributed by atoms with van der Waals surface area (Å²) < 4.78 is 5.75. The Kier molecular flexibility index (Phi) is 3.67. The first-order valence-corrected chi connectivity index (χ1v) is 6.94. The number of hydrogen-bond donors (Lipinski definition) is 1. The van der Waals surface area contributed by atoms with Gasteiger partial charge >= 0.3 is 0 Å². The van der Waals surface area contributed by atoms with Gasteiger partial charge in [0.15, 0.2) is 0 Å². The van der Waals surface area contributed by atoms with Gasteiger partial charge in [-0.3, -0.25) is 0 Å². The minimum Gasteiger partial charge on any atom is -0.492 e. The maximum atomic E-state index is 5.75. The minimum absolute atomic E-state index is 0.138. The van der Waals surface area contributed by atoms with E-state index in [1.54, 1.807) is 0 Å². The van der Waals surface area contributed by atoms with Gasteiger partial charge in [0.05, 0.1) is 6.61 Å². The molecule has 1 aromatic rings. The van der Waals surface area contributed by atoms with Crippen LogP contribution >= 0.6 is 0 Å². The first kappa shape index (κ1) is 13.4. The molecule has 0 aromatic heterocycles. The zero-order valence-electron chi connectivity index (χ0n) is 12.2. The predicted molar refractivity (Wildman–Crippen MR) is 76.2 cm³/mol. The Bertz CT molecular complexity index is 425. The molecule has 2 unspecified atom stereocenters. The van der Waals surface area contributed by atoms with Crippen LogP contribution in [0.2, 0.25) is 0 Å². The summed E-state index contributed by atoms with van der Waals surface area (Å²) in [7, 11) is 2.05. The topological polar surface area (TPSA) is 21.3 Å². The molecule has 100 valence electrons. The quantitative estimate of drug-likeness (QED) is 0.876. The smallest absolute Gasteiger partial charge is 0.123 e. The Hall–Kier alpha value is -1.02. The van der Waals surface area contributed by atoms with Crippen LogP contribution in [-0.2, 0) is 5.41 Å². The van der Waals surface area contributed by atoms with Crippen molar-refractivity contribution in [3.05, 3.63) is 29.3 Å². The summed E-state index contributed by atoms with van der Waals surface area (Å²) in [5.74, 6) is 1.70. The lowest BCUT2D eigenvalue weighted by Gasteiger charge is -2.24. The Balaban J connectivity index is 2.36. The first-order valence-electron chi connectivity index (χ1n) is 6.94. The SMILES string of the molecule is CCC(C)C(NC)c1ccc2c(c1)C(C)(C)CO2. The van der Waals surface area contributed by atoms with Crippen LogP contribution in [0, 0.1) is 5.92 Å². The predicted octanol–water partition coefficient (Wildman–Crippen LogP) is 3.66. The summed E-state index contributed by atoms with van der Waals surface area (Å²) in [4.78, 5) is 0. The molecule has 0 fully saturated rings. The number of fused-ring (bicyclic) bond motifs is 1. The molecule has 2 atom stereocenters. The van der Waals surface area contributed by atoms with Crippen molar-refractivity contribution in [2.45, 2.75) is 45.6 Å². The Morgan fingerprint density at radius 1 is 1.39 bits per heavy atom. The maximum absolute atomic E-state index is 5.75. The third-order valence-electron chi connectivity index (χ3n) is 4.20. The van der Waals surface area contributed by atoms with Crippen LogP contribution in [0.4, 0.5) is 0 Å². The van der Waals surface area contributed by atoms with Crippen LogP contribution in [0.5, 0.6) is 5.75 Å². The van der Waals surface area contributed by atoms with Crippen molar-refractivity contribution >= 4 is 0 Å². The highest BCUT2D eigenvalue weighted by molar-refractivity contribution is 5.46. The van der Waals surface area contributed by atoms with Gasteiger partial charge in [-0.05, 0) is 30.7 Å². The third kappa shape index (κ3) is 2.26. The Labute approximate surface area is 111 Å². The van der Waals surface area contributed by atoms with Crippen LogP contribution in [0.15, 0.2) is 18.2 Å². The molecular formula is C16H25NO. The molecule has 0 radical (unpaired) electrons. The van der Waals surface area contributed by atoms with Gasteiger partial charge in [0, 0.05) is 17.0 Å². The molecule has 0 amide bonds. The Morgan fingerprint density at radius 2 is 2.11 bits per heavy atom. The minimum atomic E-state index is 0.138. The van der Waals surface area contributed by atoms with E-state index in [0.717, 1.165) is 12.4 Å². The van der Waals surface area contributed by atoms with Crippen LogP contribution in [-0.4, -0.2) is 13.7 Å². The number of rotatable bonds is 4. The van der Waals surface area contributed by atoms with Crippen molar-refractivity contribution in [1.29, 1.82) is 0 Å². The fourth-order valence-electron chi connectivity index (χ4n) is 2.75. The second-order valence-corrected chi connectivity index (χ2v) is 6.08. The molecule has 18 heavy (non-hydrogen) atoms. The van der Waals surface area contributed by atoms with E-state index in [2.05, 4.69) is 51.2 Å². The van der Waals surface area contributed by atoms with Crippen molar-refractivity contribution in [2.75, 3.05) is 13.7 Å². The first-order chi connectivity index (χ1) is 8.49. The van der Waals surface area contributed by atoms with Gasteiger partial charge in [-0.1, -0.05) is 40.2 Å². The summed E-state index contributed by atoms with van der Waals surface area (Å²) in [6, 6.07) is 7.09. The molecule has 1 aromatic carbocycles. The molecule has 2 nitrogen and oxygen atoms in total. The third-order valence-corrected chi connectivity index (χ3v) is 4.20. The van der Waals surface area contributed by atoms with Gasteiger partial charge in [0.1, 0.15) is 5.75 Å². The largest absolute Gasteiger partial charge is 0.492 e. The molecule has 0 bridgehead atoms. The average molecular weight is 247 g/mol.